The number of hydrogen-bond donors (Lipinski definition) is 1. The number of ether oxygens (including phenoxy) is 2. The van der Waals surface area contributed by atoms with Crippen molar-refractivity contribution >= 4 is 5.91 Å². The van der Waals surface area contributed by atoms with Crippen LogP contribution in [0.5, 0.6) is 5.75 Å². The Kier molecular flexibility index (Phi) is 4.59. The van der Waals surface area contributed by atoms with E-state index >= 15 is 0 Å². The van der Waals surface area contributed by atoms with Crippen molar-refractivity contribution < 1.29 is 14.3 Å². The largest absolute Gasteiger partial charge is 0.494 e. The first-order valence-electron chi connectivity index (χ1n) is 6.42. The lowest BCUT2D eigenvalue weighted by atomic mass is 10.2. The van der Waals surface area contributed by atoms with E-state index in [4.69, 9.17) is 9.47 Å². The highest BCUT2D eigenvalue weighted by atomic mass is 16.5. The number of carbonyl (C=O) groups is 1. The molecule has 1 aromatic rings. The summed E-state index contributed by atoms with van der Waals surface area (Å²) < 4.78 is 10.8. The third kappa shape index (κ3) is 3.47. The third-order valence-corrected chi connectivity index (χ3v) is 2.92. The number of amides is 1. The molecule has 1 unspecified atom stereocenters. The highest BCUT2D eigenvalue weighted by molar-refractivity contribution is 5.94. The Morgan fingerprint density at radius 2 is 2.44 bits per heavy atom. The van der Waals surface area contributed by atoms with E-state index in [1.54, 1.807) is 12.1 Å². The summed E-state index contributed by atoms with van der Waals surface area (Å²) in [5.41, 5.74) is 0.624. The van der Waals surface area contributed by atoms with Gasteiger partial charge in [-0.1, -0.05) is 6.07 Å². The van der Waals surface area contributed by atoms with Gasteiger partial charge in [0.2, 0.25) is 0 Å². The van der Waals surface area contributed by atoms with E-state index in [9.17, 15) is 4.79 Å². The molecule has 0 radical (unpaired) electrons. The van der Waals surface area contributed by atoms with Crippen LogP contribution in [0.4, 0.5) is 0 Å². The molecule has 1 amide bonds. The number of rotatable bonds is 5. The molecule has 98 valence electrons. The summed E-state index contributed by atoms with van der Waals surface area (Å²) >= 11 is 0. The lowest BCUT2D eigenvalue weighted by Gasteiger charge is -2.11. The maximum atomic E-state index is 11.9. The van der Waals surface area contributed by atoms with Crippen LogP contribution < -0.4 is 10.1 Å². The maximum absolute atomic E-state index is 11.9. The average molecular weight is 249 g/mol. The quantitative estimate of drug-likeness (QED) is 0.868. The topological polar surface area (TPSA) is 47.6 Å². The molecule has 0 aromatic heterocycles. The van der Waals surface area contributed by atoms with Crippen molar-refractivity contribution in [3.8, 4) is 5.75 Å². The summed E-state index contributed by atoms with van der Waals surface area (Å²) in [5, 5.41) is 2.89. The van der Waals surface area contributed by atoms with Gasteiger partial charge in [-0.3, -0.25) is 4.79 Å². The van der Waals surface area contributed by atoms with Gasteiger partial charge in [0.25, 0.3) is 5.91 Å². The molecule has 18 heavy (non-hydrogen) atoms. The van der Waals surface area contributed by atoms with Crippen molar-refractivity contribution in [1.82, 2.24) is 5.32 Å². The van der Waals surface area contributed by atoms with Crippen molar-refractivity contribution in [1.29, 1.82) is 0 Å². The summed E-state index contributed by atoms with van der Waals surface area (Å²) in [6, 6.07) is 7.22. The van der Waals surface area contributed by atoms with Gasteiger partial charge in [-0.25, -0.2) is 0 Å². The fourth-order valence-electron chi connectivity index (χ4n) is 2.01. The molecule has 1 atom stereocenters. The molecule has 1 N–H and O–H groups in total. The first-order chi connectivity index (χ1) is 8.79. The number of nitrogens with one attached hydrogen (secondary N) is 1. The van der Waals surface area contributed by atoms with Crippen molar-refractivity contribution in [3.63, 3.8) is 0 Å². The standard InChI is InChI=1S/C14H19NO3/c1-2-17-12-6-3-5-11(9-12)14(16)15-10-13-7-4-8-18-13/h3,5-6,9,13H,2,4,7-8,10H2,1H3,(H,15,16). The smallest absolute Gasteiger partial charge is 0.251 e. The van der Waals surface area contributed by atoms with Crippen LogP contribution >= 0.6 is 0 Å². The highest BCUT2D eigenvalue weighted by Gasteiger charge is 2.16. The van der Waals surface area contributed by atoms with Gasteiger partial charge in [-0.2, -0.15) is 0 Å². The van der Waals surface area contributed by atoms with Gasteiger partial charge in [-0.15, -0.1) is 0 Å². The predicted molar refractivity (Wildman–Crippen MR) is 68.9 cm³/mol. The minimum atomic E-state index is -0.0768. The minimum absolute atomic E-state index is 0.0768. The van der Waals surface area contributed by atoms with Gasteiger partial charge in [0, 0.05) is 18.7 Å². The van der Waals surface area contributed by atoms with Crippen molar-refractivity contribution in [2.45, 2.75) is 25.9 Å². The zero-order chi connectivity index (χ0) is 12.8. The summed E-state index contributed by atoms with van der Waals surface area (Å²) in [7, 11) is 0. The second-order valence-corrected chi connectivity index (χ2v) is 4.31. The van der Waals surface area contributed by atoms with Crippen LogP contribution in [-0.2, 0) is 4.74 Å². The Hall–Kier alpha value is -1.55. The minimum Gasteiger partial charge on any atom is -0.494 e. The molecule has 1 aliphatic heterocycles. The van der Waals surface area contributed by atoms with Crippen LogP contribution in [0, 0.1) is 0 Å². The molecule has 2 rings (SSSR count). The SMILES string of the molecule is CCOc1cccc(C(=O)NCC2CCCO2)c1. The molecule has 0 aliphatic carbocycles. The van der Waals surface area contributed by atoms with E-state index < -0.39 is 0 Å². The van der Waals surface area contributed by atoms with E-state index in [1.165, 1.54) is 0 Å². The summed E-state index contributed by atoms with van der Waals surface area (Å²) in [4.78, 5) is 11.9. The predicted octanol–water partition coefficient (Wildman–Crippen LogP) is 1.99. The molecule has 1 fully saturated rings. The van der Waals surface area contributed by atoms with Gasteiger partial charge < -0.3 is 14.8 Å². The van der Waals surface area contributed by atoms with Crippen LogP contribution in [-0.4, -0.2) is 31.8 Å². The molecule has 4 heteroatoms. The van der Waals surface area contributed by atoms with Crippen LogP contribution in [0.1, 0.15) is 30.1 Å². The van der Waals surface area contributed by atoms with E-state index in [-0.39, 0.29) is 12.0 Å². The lowest BCUT2D eigenvalue weighted by molar-refractivity contribution is 0.0857. The van der Waals surface area contributed by atoms with Crippen molar-refractivity contribution in [3.05, 3.63) is 29.8 Å². The first-order valence-corrected chi connectivity index (χ1v) is 6.42. The highest BCUT2D eigenvalue weighted by Crippen LogP contribution is 2.14. The molecule has 0 bridgehead atoms. The Balaban J connectivity index is 1.89. The van der Waals surface area contributed by atoms with E-state index in [1.807, 2.05) is 19.1 Å². The Bertz CT molecular complexity index is 400. The molecule has 1 heterocycles. The monoisotopic (exact) mass is 249 g/mol. The normalized spacial score (nSPS) is 18.6. The summed E-state index contributed by atoms with van der Waals surface area (Å²) in [5.74, 6) is 0.648. The fourth-order valence-corrected chi connectivity index (χ4v) is 2.01. The Morgan fingerprint density at radius 3 is 3.17 bits per heavy atom. The maximum Gasteiger partial charge on any atom is 0.251 e. The Morgan fingerprint density at radius 1 is 1.56 bits per heavy atom. The van der Waals surface area contributed by atoms with Crippen LogP contribution in [0.2, 0.25) is 0 Å². The summed E-state index contributed by atoms with van der Waals surface area (Å²) in [6.07, 6.45) is 2.28. The van der Waals surface area contributed by atoms with E-state index in [0.29, 0.717) is 18.7 Å². The van der Waals surface area contributed by atoms with Crippen LogP contribution in [0.25, 0.3) is 0 Å². The van der Waals surface area contributed by atoms with Crippen LogP contribution in [0.15, 0.2) is 24.3 Å². The molecule has 4 nitrogen and oxygen atoms in total. The van der Waals surface area contributed by atoms with E-state index in [2.05, 4.69) is 5.32 Å². The second-order valence-electron chi connectivity index (χ2n) is 4.31. The number of carbonyl (C=O) groups excluding carboxylic acids is 1. The van der Waals surface area contributed by atoms with Gasteiger partial charge >= 0.3 is 0 Å². The van der Waals surface area contributed by atoms with Gasteiger partial charge in [0.05, 0.1) is 12.7 Å². The Labute approximate surface area is 107 Å². The van der Waals surface area contributed by atoms with Gasteiger partial charge in [0.15, 0.2) is 0 Å². The molecule has 1 saturated heterocycles. The zero-order valence-electron chi connectivity index (χ0n) is 10.6. The van der Waals surface area contributed by atoms with Crippen molar-refractivity contribution in [2.24, 2.45) is 0 Å². The molecule has 0 spiro atoms. The summed E-state index contributed by atoms with van der Waals surface area (Å²) in [6.45, 7) is 3.91. The van der Waals surface area contributed by atoms with Crippen LogP contribution in [0.3, 0.4) is 0 Å². The molecule has 1 aromatic carbocycles. The molecule has 1 aliphatic rings. The lowest BCUT2D eigenvalue weighted by Crippen LogP contribution is -2.31. The average Bonchev–Trinajstić information content (AvgIpc) is 2.90. The van der Waals surface area contributed by atoms with Gasteiger partial charge in [-0.05, 0) is 38.0 Å². The zero-order valence-corrected chi connectivity index (χ0v) is 10.6. The third-order valence-electron chi connectivity index (χ3n) is 2.92. The van der Waals surface area contributed by atoms with E-state index in [0.717, 1.165) is 25.2 Å². The first kappa shape index (κ1) is 12.9. The fraction of sp³-hybridized carbons (Fsp3) is 0.500. The number of benzene rings is 1. The molecular weight excluding hydrogens is 230 g/mol. The molecular formula is C14H19NO3. The molecule has 0 saturated carbocycles. The van der Waals surface area contributed by atoms with Crippen molar-refractivity contribution in [2.75, 3.05) is 19.8 Å². The van der Waals surface area contributed by atoms with Gasteiger partial charge in [0.1, 0.15) is 5.75 Å². The number of hydrogen-bond acceptors (Lipinski definition) is 3. The second kappa shape index (κ2) is 6.40.